The molecule has 0 radical (unpaired) electrons. The van der Waals surface area contributed by atoms with Crippen molar-refractivity contribution in [1.29, 1.82) is 0 Å². The van der Waals surface area contributed by atoms with Crippen LogP contribution in [0.2, 0.25) is 0 Å². The molecule has 1 heterocycles. The molecule has 0 N–H and O–H groups in total. The fraction of sp³-hybridized carbons (Fsp3) is 0.444. The predicted molar refractivity (Wildman–Crippen MR) is 89.2 cm³/mol. The summed E-state index contributed by atoms with van der Waals surface area (Å²) in [6.07, 6.45) is 7.91. The number of allylic oxidation sites excluding steroid dienone is 3. The van der Waals surface area contributed by atoms with Gasteiger partial charge < -0.3 is 14.0 Å². The number of hydrogen-bond donors (Lipinski definition) is 0. The lowest BCUT2D eigenvalue weighted by molar-refractivity contribution is 0.00578. The molecule has 0 atom stereocenters. The van der Waals surface area contributed by atoms with Gasteiger partial charge in [-0.25, -0.2) is 4.39 Å². The standard InChI is InChI=1S/C18H22BFO3/c1-17(2)18(3,4)23-19(22-17)15-11-10-14(12-16(15)20)21-13-8-6-5-7-9-13/h6,8-12H,5,7H2,1-4H3. The van der Waals surface area contributed by atoms with Gasteiger partial charge in [-0.1, -0.05) is 12.1 Å². The van der Waals surface area contributed by atoms with Crippen molar-refractivity contribution in [2.24, 2.45) is 0 Å². The molecule has 1 fully saturated rings. The molecule has 0 bridgehead atoms. The molecule has 23 heavy (non-hydrogen) atoms. The van der Waals surface area contributed by atoms with Crippen molar-refractivity contribution in [3.63, 3.8) is 0 Å². The molecular weight excluding hydrogens is 294 g/mol. The van der Waals surface area contributed by atoms with E-state index < -0.39 is 18.3 Å². The predicted octanol–water partition coefficient (Wildman–Crippen LogP) is 3.74. The van der Waals surface area contributed by atoms with E-state index in [-0.39, 0.29) is 5.82 Å². The van der Waals surface area contributed by atoms with Crippen LogP contribution in [0.15, 0.2) is 42.2 Å². The number of benzene rings is 1. The summed E-state index contributed by atoms with van der Waals surface area (Å²) in [5.74, 6) is 0.834. The molecule has 0 spiro atoms. The highest BCUT2D eigenvalue weighted by Gasteiger charge is 2.52. The van der Waals surface area contributed by atoms with Gasteiger partial charge in [0.25, 0.3) is 0 Å². The highest BCUT2D eigenvalue weighted by molar-refractivity contribution is 6.62. The zero-order valence-corrected chi connectivity index (χ0v) is 14.1. The maximum absolute atomic E-state index is 14.5. The van der Waals surface area contributed by atoms with Crippen molar-refractivity contribution in [2.45, 2.75) is 51.7 Å². The van der Waals surface area contributed by atoms with Crippen LogP contribution in [0.5, 0.6) is 5.75 Å². The minimum Gasteiger partial charge on any atom is -0.458 e. The van der Waals surface area contributed by atoms with E-state index in [1.165, 1.54) is 6.07 Å². The average molecular weight is 316 g/mol. The third kappa shape index (κ3) is 3.21. The van der Waals surface area contributed by atoms with Crippen LogP contribution in [0.4, 0.5) is 4.39 Å². The molecule has 0 saturated carbocycles. The van der Waals surface area contributed by atoms with Crippen LogP contribution >= 0.6 is 0 Å². The van der Waals surface area contributed by atoms with Crippen molar-refractivity contribution >= 4 is 12.6 Å². The quantitative estimate of drug-likeness (QED) is 0.795. The molecule has 3 rings (SSSR count). The van der Waals surface area contributed by atoms with Gasteiger partial charge in [0.1, 0.15) is 17.3 Å². The molecule has 1 saturated heterocycles. The number of rotatable bonds is 3. The molecule has 1 aliphatic heterocycles. The summed E-state index contributed by atoms with van der Waals surface area (Å²) in [5.41, 5.74) is -0.585. The summed E-state index contributed by atoms with van der Waals surface area (Å²) in [5, 5.41) is 0. The van der Waals surface area contributed by atoms with Gasteiger partial charge in [0.2, 0.25) is 0 Å². The summed E-state index contributed by atoms with van der Waals surface area (Å²) >= 11 is 0. The topological polar surface area (TPSA) is 27.7 Å². The fourth-order valence-electron chi connectivity index (χ4n) is 2.53. The van der Waals surface area contributed by atoms with E-state index >= 15 is 0 Å². The van der Waals surface area contributed by atoms with Crippen molar-refractivity contribution in [2.75, 3.05) is 0 Å². The average Bonchev–Trinajstić information content (AvgIpc) is 2.68. The second-order valence-electron chi connectivity index (χ2n) is 6.96. The number of ether oxygens (including phenoxy) is 1. The first-order chi connectivity index (χ1) is 10.8. The molecule has 2 aliphatic rings. The molecule has 0 amide bonds. The van der Waals surface area contributed by atoms with Crippen LogP contribution in [-0.4, -0.2) is 18.3 Å². The Morgan fingerprint density at radius 2 is 1.78 bits per heavy atom. The Morgan fingerprint density at radius 1 is 1.09 bits per heavy atom. The zero-order valence-electron chi connectivity index (χ0n) is 14.1. The van der Waals surface area contributed by atoms with Crippen LogP contribution in [0.25, 0.3) is 0 Å². The summed E-state index contributed by atoms with van der Waals surface area (Å²) in [7, 11) is -0.706. The molecule has 1 aliphatic carbocycles. The third-order valence-electron chi connectivity index (χ3n) is 4.68. The van der Waals surface area contributed by atoms with Gasteiger partial charge in [-0.2, -0.15) is 0 Å². The second-order valence-corrected chi connectivity index (χ2v) is 6.96. The van der Waals surface area contributed by atoms with E-state index in [1.807, 2.05) is 45.9 Å². The largest absolute Gasteiger partial charge is 0.497 e. The summed E-state index contributed by atoms with van der Waals surface area (Å²) < 4.78 is 32.0. The Kier molecular flexibility index (Phi) is 4.11. The van der Waals surface area contributed by atoms with Crippen molar-refractivity contribution in [1.82, 2.24) is 0 Å². The lowest BCUT2D eigenvalue weighted by atomic mass is 9.78. The normalized spacial score (nSPS) is 22.1. The van der Waals surface area contributed by atoms with Gasteiger partial charge in [0, 0.05) is 11.5 Å². The summed E-state index contributed by atoms with van der Waals surface area (Å²) in [6, 6.07) is 4.79. The van der Waals surface area contributed by atoms with Crippen LogP contribution in [0.1, 0.15) is 40.5 Å². The van der Waals surface area contributed by atoms with E-state index in [2.05, 4.69) is 0 Å². The van der Waals surface area contributed by atoms with Crippen LogP contribution in [0, 0.1) is 5.82 Å². The molecule has 1 aromatic rings. The first-order valence-electron chi connectivity index (χ1n) is 7.98. The smallest absolute Gasteiger partial charge is 0.458 e. The second kappa shape index (κ2) is 5.80. The Hall–Kier alpha value is -1.59. The monoisotopic (exact) mass is 316 g/mol. The van der Waals surface area contributed by atoms with Gasteiger partial charge in [0.15, 0.2) is 0 Å². The van der Waals surface area contributed by atoms with Crippen molar-refractivity contribution in [3.8, 4) is 5.75 Å². The lowest BCUT2D eigenvalue weighted by Crippen LogP contribution is -2.41. The van der Waals surface area contributed by atoms with Crippen LogP contribution < -0.4 is 10.2 Å². The van der Waals surface area contributed by atoms with Crippen molar-refractivity contribution in [3.05, 3.63) is 48.0 Å². The SMILES string of the molecule is CC1(C)OB(c2ccc(OC3=CCCC=C3)cc2F)OC1(C)C. The molecule has 3 nitrogen and oxygen atoms in total. The highest BCUT2D eigenvalue weighted by atomic mass is 19.1. The molecule has 0 aromatic heterocycles. The molecular formula is C18H22BFO3. The van der Waals surface area contributed by atoms with E-state index in [4.69, 9.17) is 14.0 Å². The number of halogens is 1. The molecule has 5 heteroatoms. The van der Waals surface area contributed by atoms with Gasteiger partial charge in [0.05, 0.1) is 11.2 Å². The van der Waals surface area contributed by atoms with Crippen LogP contribution in [-0.2, 0) is 9.31 Å². The Morgan fingerprint density at radius 3 is 2.35 bits per heavy atom. The molecule has 122 valence electrons. The van der Waals surface area contributed by atoms with Gasteiger partial charge in [-0.15, -0.1) is 0 Å². The van der Waals surface area contributed by atoms with Crippen molar-refractivity contribution < 1.29 is 18.4 Å². The third-order valence-corrected chi connectivity index (χ3v) is 4.68. The van der Waals surface area contributed by atoms with Crippen LogP contribution in [0.3, 0.4) is 0 Å². The van der Waals surface area contributed by atoms with E-state index in [9.17, 15) is 4.39 Å². The highest BCUT2D eigenvalue weighted by Crippen LogP contribution is 2.36. The summed E-state index contributed by atoms with van der Waals surface area (Å²) in [4.78, 5) is 0. The van der Waals surface area contributed by atoms with Gasteiger partial charge in [-0.3, -0.25) is 0 Å². The molecule has 0 unspecified atom stereocenters. The lowest BCUT2D eigenvalue weighted by Gasteiger charge is -2.32. The van der Waals surface area contributed by atoms with Gasteiger partial charge in [-0.05, 0) is 58.8 Å². The van der Waals surface area contributed by atoms with Gasteiger partial charge >= 0.3 is 7.12 Å². The van der Waals surface area contributed by atoms with E-state index in [0.717, 1.165) is 18.6 Å². The number of hydrogen-bond acceptors (Lipinski definition) is 3. The Bertz CT molecular complexity index is 648. The van der Waals surface area contributed by atoms with E-state index in [1.54, 1.807) is 12.1 Å². The first kappa shape index (κ1) is 16.3. The molecule has 1 aromatic carbocycles. The minimum absolute atomic E-state index is 0.388. The summed E-state index contributed by atoms with van der Waals surface area (Å²) in [6.45, 7) is 7.79. The maximum Gasteiger partial charge on any atom is 0.497 e. The Balaban J connectivity index is 1.78. The first-order valence-corrected chi connectivity index (χ1v) is 7.98. The fourth-order valence-corrected chi connectivity index (χ4v) is 2.53. The maximum atomic E-state index is 14.5. The Labute approximate surface area is 137 Å². The van der Waals surface area contributed by atoms with E-state index in [0.29, 0.717) is 11.2 Å². The minimum atomic E-state index is -0.706. The zero-order chi connectivity index (χ0) is 16.7.